The molecule has 1 aromatic carbocycles. The van der Waals surface area contributed by atoms with Crippen molar-refractivity contribution < 1.29 is 4.79 Å². The Balaban J connectivity index is 1.73. The summed E-state index contributed by atoms with van der Waals surface area (Å²) in [7, 11) is 0. The Labute approximate surface area is 136 Å². The SMILES string of the molecule is O=C(NCc1cccc(Cl)c1-n1cccc1)C1CCCCC1. The molecule has 1 aromatic heterocycles. The quantitative estimate of drug-likeness (QED) is 0.895. The molecule has 0 radical (unpaired) electrons. The predicted octanol–water partition coefficient (Wildman–Crippen LogP) is 4.33. The van der Waals surface area contributed by atoms with Crippen LogP contribution in [0.25, 0.3) is 5.69 Å². The van der Waals surface area contributed by atoms with E-state index in [4.69, 9.17) is 11.6 Å². The van der Waals surface area contributed by atoms with Gasteiger partial charge in [0.1, 0.15) is 0 Å². The Kier molecular flexibility index (Phi) is 4.84. The van der Waals surface area contributed by atoms with Crippen LogP contribution >= 0.6 is 11.6 Å². The third-order valence-corrected chi connectivity index (χ3v) is 4.67. The molecule has 1 fully saturated rings. The standard InChI is InChI=1S/C18H21ClN2O/c19-16-10-6-9-15(17(16)21-11-4-5-12-21)13-20-18(22)14-7-2-1-3-8-14/h4-6,9-12,14H,1-3,7-8,13H2,(H,20,22). The van der Waals surface area contributed by atoms with Gasteiger partial charge < -0.3 is 9.88 Å². The first-order valence-electron chi connectivity index (χ1n) is 7.94. The molecule has 0 aliphatic heterocycles. The van der Waals surface area contributed by atoms with Crippen molar-refractivity contribution in [1.82, 2.24) is 9.88 Å². The molecule has 0 saturated heterocycles. The summed E-state index contributed by atoms with van der Waals surface area (Å²) in [6, 6.07) is 9.75. The zero-order chi connectivity index (χ0) is 15.4. The van der Waals surface area contributed by atoms with Crippen molar-refractivity contribution in [2.45, 2.75) is 38.6 Å². The van der Waals surface area contributed by atoms with Crippen LogP contribution in [0.1, 0.15) is 37.7 Å². The smallest absolute Gasteiger partial charge is 0.223 e. The van der Waals surface area contributed by atoms with E-state index in [-0.39, 0.29) is 11.8 Å². The summed E-state index contributed by atoms with van der Waals surface area (Å²) in [4.78, 5) is 12.3. The molecule has 0 spiro atoms. The Morgan fingerprint density at radius 3 is 2.59 bits per heavy atom. The second kappa shape index (κ2) is 7.01. The highest BCUT2D eigenvalue weighted by atomic mass is 35.5. The fourth-order valence-electron chi connectivity index (χ4n) is 3.17. The third-order valence-electron chi connectivity index (χ3n) is 4.36. The number of amides is 1. The summed E-state index contributed by atoms with van der Waals surface area (Å²) < 4.78 is 1.99. The van der Waals surface area contributed by atoms with Crippen LogP contribution in [-0.2, 0) is 11.3 Å². The van der Waals surface area contributed by atoms with Crippen LogP contribution in [0.15, 0.2) is 42.7 Å². The summed E-state index contributed by atoms with van der Waals surface area (Å²) in [5.41, 5.74) is 1.98. The topological polar surface area (TPSA) is 34.0 Å². The molecule has 0 bridgehead atoms. The number of aromatic nitrogens is 1. The molecule has 116 valence electrons. The zero-order valence-electron chi connectivity index (χ0n) is 12.6. The number of halogens is 1. The number of hydrogen-bond donors (Lipinski definition) is 1. The monoisotopic (exact) mass is 316 g/mol. The summed E-state index contributed by atoms with van der Waals surface area (Å²) in [5.74, 6) is 0.362. The van der Waals surface area contributed by atoms with Gasteiger partial charge in [-0.2, -0.15) is 0 Å². The molecule has 2 aromatic rings. The van der Waals surface area contributed by atoms with Crippen LogP contribution in [-0.4, -0.2) is 10.5 Å². The molecule has 3 nitrogen and oxygen atoms in total. The molecule has 0 atom stereocenters. The van der Waals surface area contributed by atoms with Crippen molar-refractivity contribution in [3.8, 4) is 5.69 Å². The molecule has 1 aliphatic rings. The maximum atomic E-state index is 12.3. The van der Waals surface area contributed by atoms with Crippen LogP contribution in [0.2, 0.25) is 5.02 Å². The van der Waals surface area contributed by atoms with Crippen molar-refractivity contribution in [2.75, 3.05) is 0 Å². The van der Waals surface area contributed by atoms with Gasteiger partial charge in [0.05, 0.1) is 10.7 Å². The zero-order valence-corrected chi connectivity index (χ0v) is 13.4. The minimum atomic E-state index is 0.179. The number of nitrogens with one attached hydrogen (secondary N) is 1. The Morgan fingerprint density at radius 1 is 1.14 bits per heavy atom. The van der Waals surface area contributed by atoms with E-state index in [1.165, 1.54) is 19.3 Å². The Hall–Kier alpha value is -1.74. The highest BCUT2D eigenvalue weighted by Gasteiger charge is 2.21. The summed E-state index contributed by atoms with van der Waals surface area (Å²) in [5, 5.41) is 3.78. The number of rotatable bonds is 4. The average Bonchev–Trinajstić information content (AvgIpc) is 3.07. The number of carbonyl (C=O) groups is 1. The minimum absolute atomic E-state index is 0.179. The van der Waals surface area contributed by atoms with Gasteiger partial charge in [-0.3, -0.25) is 4.79 Å². The Morgan fingerprint density at radius 2 is 1.86 bits per heavy atom. The normalized spacial score (nSPS) is 15.7. The van der Waals surface area contributed by atoms with Crippen LogP contribution < -0.4 is 5.32 Å². The molecule has 4 heteroatoms. The van der Waals surface area contributed by atoms with Gasteiger partial charge in [0.15, 0.2) is 0 Å². The van der Waals surface area contributed by atoms with E-state index in [0.717, 1.165) is 24.1 Å². The van der Waals surface area contributed by atoms with E-state index in [9.17, 15) is 4.79 Å². The lowest BCUT2D eigenvalue weighted by Crippen LogP contribution is -2.31. The van der Waals surface area contributed by atoms with E-state index < -0.39 is 0 Å². The molecular formula is C18H21ClN2O. The molecule has 1 aliphatic carbocycles. The lowest BCUT2D eigenvalue weighted by Gasteiger charge is -2.21. The first kappa shape index (κ1) is 15.2. The molecule has 22 heavy (non-hydrogen) atoms. The van der Waals surface area contributed by atoms with E-state index in [2.05, 4.69) is 5.32 Å². The number of carbonyl (C=O) groups excluding carboxylic acids is 1. The number of benzene rings is 1. The van der Waals surface area contributed by atoms with Crippen molar-refractivity contribution in [3.63, 3.8) is 0 Å². The van der Waals surface area contributed by atoms with E-state index >= 15 is 0 Å². The summed E-state index contributed by atoms with van der Waals surface area (Å²) >= 11 is 6.35. The molecule has 0 unspecified atom stereocenters. The third kappa shape index (κ3) is 3.36. The molecule has 1 N–H and O–H groups in total. The van der Waals surface area contributed by atoms with Crippen LogP contribution in [0.5, 0.6) is 0 Å². The first-order valence-corrected chi connectivity index (χ1v) is 8.32. The number of para-hydroxylation sites is 1. The molecular weight excluding hydrogens is 296 g/mol. The van der Waals surface area contributed by atoms with Gasteiger partial charge >= 0.3 is 0 Å². The highest BCUT2D eigenvalue weighted by molar-refractivity contribution is 6.32. The lowest BCUT2D eigenvalue weighted by molar-refractivity contribution is -0.126. The first-order chi connectivity index (χ1) is 10.8. The van der Waals surface area contributed by atoms with E-state index in [1.807, 2.05) is 47.3 Å². The summed E-state index contributed by atoms with van der Waals surface area (Å²) in [6.45, 7) is 0.517. The molecule has 1 amide bonds. The number of hydrogen-bond acceptors (Lipinski definition) is 1. The van der Waals surface area contributed by atoms with Crippen LogP contribution in [0.4, 0.5) is 0 Å². The second-order valence-corrected chi connectivity index (χ2v) is 6.30. The van der Waals surface area contributed by atoms with Gasteiger partial charge in [0, 0.05) is 24.9 Å². The lowest BCUT2D eigenvalue weighted by atomic mass is 9.88. The van der Waals surface area contributed by atoms with Gasteiger partial charge in [-0.15, -0.1) is 0 Å². The molecule has 1 saturated carbocycles. The van der Waals surface area contributed by atoms with Crippen molar-refractivity contribution in [2.24, 2.45) is 5.92 Å². The van der Waals surface area contributed by atoms with Crippen molar-refractivity contribution >= 4 is 17.5 Å². The average molecular weight is 317 g/mol. The molecule has 3 rings (SSSR count). The Bertz CT molecular complexity index is 631. The van der Waals surface area contributed by atoms with Crippen molar-refractivity contribution in [3.05, 3.63) is 53.3 Å². The van der Waals surface area contributed by atoms with Crippen molar-refractivity contribution in [1.29, 1.82) is 0 Å². The minimum Gasteiger partial charge on any atom is -0.352 e. The maximum absolute atomic E-state index is 12.3. The molecule has 1 heterocycles. The maximum Gasteiger partial charge on any atom is 0.223 e. The predicted molar refractivity (Wildman–Crippen MR) is 89.2 cm³/mol. The van der Waals surface area contributed by atoms with Crippen LogP contribution in [0.3, 0.4) is 0 Å². The fourth-order valence-corrected chi connectivity index (χ4v) is 3.46. The van der Waals surface area contributed by atoms with Gasteiger partial charge in [0.2, 0.25) is 5.91 Å². The van der Waals surface area contributed by atoms with E-state index in [0.29, 0.717) is 11.6 Å². The fraction of sp³-hybridized carbons (Fsp3) is 0.389. The number of nitrogens with zero attached hydrogens (tertiary/aromatic N) is 1. The van der Waals surface area contributed by atoms with Crippen LogP contribution in [0, 0.1) is 5.92 Å². The second-order valence-electron chi connectivity index (χ2n) is 5.89. The van der Waals surface area contributed by atoms with Gasteiger partial charge in [-0.25, -0.2) is 0 Å². The van der Waals surface area contributed by atoms with Gasteiger partial charge in [-0.1, -0.05) is 43.0 Å². The van der Waals surface area contributed by atoms with Gasteiger partial charge in [-0.05, 0) is 36.6 Å². The highest BCUT2D eigenvalue weighted by Crippen LogP contribution is 2.26. The summed E-state index contributed by atoms with van der Waals surface area (Å²) in [6.07, 6.45) is 9.57. The largest absolute Gasteiger partial charge is 0.352 e. The van der Waals surface area contributed by atoms with Gasteiger partial charge in [0.25, 0.3) is 0 Å². The van der Waals surface area contributed by atoms with E-state index in [1.54, 1.807) is 0 Å².